The lowest BCUT2D eigenvalue weighted by atomic mass is 9.78. The Morgan fingerprint density at radius 1 is 0.947 bits per heavy atom. The summed E-state index contributed by atoms with van der Waals surface area (Å²) in [5.41, 5.74) is 1.60. The summed E-state index contributed by atoms with van der Waals surface area (Å²) in [6.45, 7) is 0. The molecule has 0 saturated heterocycles. The largest absolute Gasteiger partial charge is 0.496 e. The van der Waals surface area contributed by atoms with E-state index in [9.17, 15) is 26.4 Å². The number of carbonyl (C=O) groups excluding carboxylic acids is 1. The van der Waals surface area contributed by atoms with E-state index in [2.05, 4.69) is 4.72 Å². The molecule has 4 aromatic carbocycles. The molecule has 5 rings (SSSR count). The van der Waals surface area contributed by atoms with Crippen LogP contribution in [0.15, 0.2) is 83.8 Å². The molecule has 0 aromatic heterocycles. The average molecular weight is 540 g/mol. The number of carbonyl (C=O) groups is 1. The van der Waals surface area contributed by atoms with Crippen LogP contribution in [0.5, 0.6) is 5.75 Å². The first-order valence-electron chi connectivity index (χ1n) is 12.0. The predicted molar refractivity (Wildman–Crippen MR) is 138 cm³/mol. The lowest BCUT2D eigenvalue weighted by Crippen LogP contribution is -2.36. The van der Waals surface area contributed by atoms with Crippen molar-refractivity contribution in [2.24, 2.45) is 0 Å². The van der Waals surface area contributed by atoms with E-state index in [1.165, 1.54) is 25.3 Å². The van der Waals surface area contributed by atoms with Crippen molar-refractivity contribution >= 4 is 26.7 Å². The molecule has 0 radical (unpaired) electrons. The highest BCUT2D eigenvalue weighted by molar-refractivity contribution is 7.90. The van der Waals surface area contributed by atoms with E-state index >= 15 is 0 Å². The van der Waals surface area contributed by atoms with Crippen molar-refractivity contribution in [2.75, 3.05) is 7.11 Å². The fourth-order valence-corrected chi connectivity index (χ4v) is 6.41. The Balaban J connectivity index is 1.56. The van der Waals surface area contributed by atoms with Crippen molar-refractivity contribution in [2.45, 2.75) is 36.3 Å². The van der Waals surface area contributed by atoms with Crippen LogP contribution < -0.4 is 9.46 Å². The van der Waals surface area contributed by atoms with Gasteiger partial charge in [-0.05, 0) is 71.2 Å². The molecule has 1 N–H and O–H groups in total. The number of halogens is 3. The van der Waals surface area contributed by atoms with Gasteiger partial charge in [-0.25, -0.2) is 13.1 Å². The number of ether oxygens (including phenoxy) is 1. The molecule has 0 aliphatic heterocycles. The summed E-state index contributed by atoms with van der Waals surface area (Å²) in [5.74, 6) is -0.985. The first-order chi connectivity index (χ1) is 18.1. The number of sulfonamides is 1. The Morgan fingerprint density at radius 2 is 1.66 bits per heavy atom. The maximum Gasteiger partial charge on any atom is 0.416 e. The smallest absolute Gasteiger partial charge is 0.416 e. The van der Waals surface area contributed by atoms with Gasteiger partial charge in [0.05, 0.1) is 23.5 Å². The molecule has 1 amide bonds. The number of fused-ring (bicyclic) bond motifs is 2. The van der Waals surface area contributed by atoms with Crippen molar-refractivity contribution in [3.8, 4) is 16.9 Å². The third kappa shape index (κ3) is 4.74. The van der Waals surface area contributed by atoms with Crippen LogP contribution in [0.3, 0.4) is 0 Å². The molecule has 1 atom stereocenters. The molecular formula is C29H24F3NO4S. The molecule has 196 valence electrons. The highest BCUT2D eigenvalue weighted by Gasteiger charge is 2.34. The van der Waals surface area contributed by atoms with Gasteiger partial charge in [-0.2, -0.15) is 13.2 Å². The summed E-state index contributed by atoms with van der Waals surface area (Å²) in [4.78, 5) is 13.6. The maximum absolute atomic E-state index is 13.6. The Morgan fingerprint density at radius 3 is 2.37 bits per heavy atom. The van der Waals surface area contributed by atoms with Crippen LogP contribution in [-0.2, 0) is 27.4 Å². The normalized spacial score (nSPS) is 15.6. The second-order valence-corrected chi connectivity index (χ2v) is 10.8. The summed E-state index contributed by atoms with van der Waals surface area (Å²) >= 11 is 0. The lowest BCUT2D eigenvalue weighted by molar-refractivity contribution is -0.137. The number of hydrogen-bond acceptors (Lipinski definition) is 4. The maximum atomic E-state index is 13.6. The number of benzene rings is 4. The zero-order chi connectivity index (χ0) is 27.1. The molecule has 0 heterocycles. The monoisotopic (exact) mass is 539 g/mol. The zero-order valence-electron chi connectivity index (χ0n) is 20.4. The Bertz CT molecular complexity index is 1630. The van der Waals surface area contributed by atoms with Crippen LogP contribution in [0, 0.1) is 0 Å². The fraction of sp³-hybridized carbons (Fsp3) is 0.207. The Kier molecular flexibility index (Phi) is 6.65. The number of nitrogens with one attached hydrogen (secondary N) is 1. The molecule has 0 fully saturated rings. The second kappa shape index (κ2) is 9.79. The SMILES string of the molecule is COc1ccc(-c2ccc(C(F)(F)F)cc2)c2c1CCCC2C(=O)NS(=O)(=O)c1cccc2ccccc12. The van der Waals surface area contributed by atoms with Crippen molar-refractivity contribution in [1.29, 1.82) is 0 Å². The van der Waals surface area contributed by atoms with Crippen molar-refractivity contribution in [1.82, 2.24) is 4.72 Å². The molecule has 0 bridgehead atoms. The van der Waals surface area contributed by atoms with Gasteiger partial charge in [-0.15, -0.1) is 0 Å². The average Bonchev–Trinajstić information content (AvgIpc) is 2.91. The van der Waals surface area contributed by atoms with Crippen LogP contribution in [0.4, 0.5) is 13.2 Å². The second-order valence-electron chi connectivity index (χ2n) is 9.17. The lowest BCUT2D eigenvalue weighted by Gasteiger charge is -2.29. The zero-order valence-corrected chi connectivity index (χ0v) is 21.2. The quantitative estimate of drug-likeness (QED) is 0.316. The van der Waals surface area contributed by atoms with E-state index in [4.69, 9.17) is 4.74 Å². The third-order valence-corrected chi connectivity index (χ3v) is 8.32. The fourth-order valence-electron chi connectivity index (χ4n) is 5.16. The van der Waals surface area contributed by atoms with E-state index in [-0.39, 0.29) is 4.90 Å². The van der Waals surface area contributed by atoms with Gasteiger partial charge in [0, 0.05) is 5.39 Å². The minimum atomic E-state index is -4.48. The van der Waals surface area contributed by atoms with Crippen LogP contribution in [0.25, 0.3) is 21.9 Å². The molecule has 38 heavy (non-hydrogen) atoms. The van der Waals surface area contributed by atoms with Crippen molar-refractivity contribution in [3.63, 3.8) is 0 Å². The van der Waals surface area contributed by atoms with Gasteiger partial charge >= 0.3 is 6.18 Å². The molecule has 1 aliphatic carbocycles. The minimum absolute atomic E-state index is 0.00594. The highest BCUT2D eigenvalue weighted by Crippen LogP contribution is 2.43. The standard InChI is InChI=1S/C29H24F3NO4S/c1-37-25-17-16-22(19-12-14-20(15-13-19)29(30,31)32)27-23(25)9-5-10-24(27)28(34)33-38(35,36)26-11-4-7-18-6-2-3-8-21(18)26/h2-4,6-8,11-17,24H,5,9-10H2,1H3,(H,33,34). The van der Waals surface area contributed by atoms with Crippen LogP contribution in [0.1, 0.15) is 35.4 Å². The number of hydrogen-bond donors (Lipinski definition) is 1. The van der Waals surface area contributed by atoms with Gasteiger partial charge < -0.3 is 4.74 Å². The molecule has 0 spiro atoms. The highest BCUT2D eigenvalue weighted by atomic mass is 32.2. The van der Waals surface area contributed by atoms with E-state index < -0.39 is 33.6 Å². The molecule has 0 saturated carbocycles. The minimum Gasteiger partial charge on any atom is -0.496 e. The van der Waals surface area contributed by atoms with Crippen LogP contribution in [-0.4, -0.2) is 21.4 Å². The summed E-state index contributed by atoms with van der Waals surface area (Å²) in [5, 5.41) is 1.21. The molecule has 9 heteroatoms. The summed E-state index contributed by atoms with van der Waals surface area (Å²) < 4.78 is 73.9. The summed E-state index contributed by atoms with van der Waals surface area (Å²) in [7, 11) is -2.71. The first-order valence-corrected chi connectivity index (χ1v) is 13.5. The Hall–Kier alpha value is -3.85. The molecular weight excluding hydrogens is 515 g/mol. The number of amides is 1. The number of methoxy groups -OCH3 is 1. The van der Waals surface area contributed by atoms with Gasteiger partial charge in [0.25, 0.3) is 10.0 Å². The van der Waals surface area contributed by atoms with E-state index in [0.717, 1.165) is 23.1 Å². The molecule has 4 aromatic rings. The first kappa shape index (κ1) is 25.8. The number of rotatable bonds is 5. The van der Waals surface area contributed by atoms with Gasteiger partial charge in [0.15, 0.2) is 0 Å². The topological polar surface area (TPSA) is 72.5 Å². The summed E-state index contributed by atoms with van der Waals surface area (Å²) in [6.07, 6.45) is -2.89. The van der Waals surface area contributed by atoms with E-state index in [1.54, 1.807) is 48.5 Å². The Labute approximate surface area is 218 Å². The third-order valence-electron chi connectivity index (χ3n) is 6.92. The van der Waals surface area contributed by atoms with Gasteiger partial charge in [-0.3, -0.25) is 4.79 Å². The van der Waals surface area contributed by atoms with Crippen LogP contribution >= 0.6 is 0 Å². The predicted octanol–water partition coefficient (Wildman–Crippen LogP) is 6.46. The van der Waals surface area contributed by atoms with Crippen LogP contribution in [0.2, 0.25) is 0 Å². The van der Waals surface area contributed by atoms with Gasteiger partial charge in [-0.1, -0.05) is 54.6 Å². The van der Waals surface area contributed by atoms with Gasteiger partial charge in [0.1, 0.15) is 5.75 Å². The molecule has 1 aliphatic rings. The molecule has 1 unspecified atom stereocenters. The summed E-state index contributed by atoms with van der Waals surface area (Å²) in [6, 6.07) is 20.0. The van der Waals surface area contributed by atoms with Crippen molar-refractivity contribution < 1.29 is 31.1 Å². The van der Waals surface area contributed by atoms with Gasteiger partial charge in [0.2, 0.25) is 5.91 Å². The number of alkyl halides is 3. The van der Waals surface area contributed by atoms with E-state index in [1.807, 2.05) is 0 Å². The van der Waals surface area contributed by atoms with Crippen molar-refractivity contribution in [3.05, 3.63) is 95.6 Å². The van der Waals surface area contributed by atoms with E-state index in [0.29, 0.717) is 47.1 Å². The molecule has 5 nitrogen and oxygen atoms in total.